The van der Waals surface area contributed by atoms with Crippen molar-refractivity contribution in [3.05, 3.63) is 23.9 Å². The van der Waals surface area contributed by atoms with Crippen LogP contribution in [-0.4, -0.2) is 30.5 Å². The van der Waals surface area contributed by atoms with E-state index < -0.39 is 0 Å². The van der Waals surface area contributed by atoms with Crippen molar-refractivity contribution in [1.82, 2.24) is 10.3 Å². The van der Waals surface area contributed by atoms with Crippen molar-refractivity contribution < 1.29 is 4.79 Å². The Balaban J connectivity index is 2.04. The monoisotopic (exact) mass is 233 g/mol. The van der Waals surface area contributed by atoms with Crippen molar-refractivity contribution in [2.75, 3.05) is 24.5 Å². The van der Waals surface area contributed by atoms with Crippen LogP contribution in [-0.2, 0) is 0 Å². The minimum atomic E-state index is -0.0507. The molecule has 0 unspecified atom stereocenters. The van der Waals surface area contributed by atoms with Gasteiger partial charge in [0.05, 0.1) is 5.56 Å². The van der Waals surface area contributed by atoms with Gasteiger partial charge in [0.2, 0.25) is 0 Å². The van der Waals surface area contributed by atoms with E-state index in [1.54, 1.807) is 6.20 Å². The maximum absolute atomic E-state index is 11.6. The van der Waals surface area contributed by atoms with E-state index in [4.69, 9.17) is 0 Å². The first-order chi connectivity index (χ1) is 8.31. The summed E-state index contributed by atoms with van der Waals surface area (Å²) in [4.78, 5) is 18.2. The Morgan fingerprint density at radius 2 is 2.12 bits per heavy atom. The van der Waals surface area contributed by atoms with E-state index in [0.29, 0.717) is 12.1 Å². The van der Waals surface area contributed by atoms with Gasteiger partial charge in [0.1, 0.15) is 5.82 Å². The second-order valence-electron chi connectivity index (χ2n) is 4.31. The summed E-state index contributed by atoms with van der Waals surface area (Å²) in [5, 5.41) is 2.77. The van der Waals surface area contributed by atoms with Gasteiger partial charge in [-0.15, -0.1) is 0 Å². The molecule has 17 heavy (non-hydrogen) atoms. The summed E-state index contributed by atoms with van der Waals surface area (Å²) in [5.41, 5.74) is 0.632. The van der Waals surface area contributed by atoms with Crippen LogP contribution in [0, 0.1) is 0 Å². The molecule has 1 aliphatic heterocycles. The van der Waals surface area contributed by atoms with Crippen LogP contribution in [0.4, 0.5) is 5.82 Å². The van der Waals surface area contributed by atoms with Crippen LogP contribution in [0.25, 0.3) is 0 Å². The molecule has 0 aliphatic carbocycles. The summed E-state index contributed by atoms with van der Waals surface area (Å²) < 4.78 is 0. The average Bonchev–Trinajstić information content (AvgIpc) is 2.40. The SMILES string of the molecule is CCNC(=O)c1ccc(N2CCCCC2)nc1. The highest BCUT2D eigenvalue weighted by Gasteiger charge is 2.12. The molecule has 0 radical (unpaired) electrons. The molecular weight excluding hydrogens is 214 g/mol. The Kier molecular flexibility index (Phi) is 3.96. The minimum absolute atomic E-state index is 0.0507. The Hall–Kier alpha value is -1.58. The molecule has 0 atom stereocenters. The maximum atomic E-state index is 11.6. The summed E-state index contributed by atoms with van der Waals surface area (Å²) in [6, 6.07) is 3.79. The summed E-state index contributed by atoms with van der Waals surface area (Å²) in [6.07, 6.45) is 5.45. The standard InChI is InChI=1S/C13H19N3O/c1-2-14-13(17)11-6-7-12(15-10-11)16-8-4-3-5-9-16/h6-7,10H,2-5,8-9H2,1H3,(H,14,17). The molecule has 1 aromatic rings. The van der Waals surface area contributed by atoms with Gasteiger partial charge in [-0.05, 0) is 38.3 Å². The summed E-state index contributed by atoms with van der Waals surface area (Å²) >= 11 is 0. The number of amides is 1. The number of carbonyl (C=O) groups is 1. The van der Waals surface area contributed by atoms with Crippen molar-refractivity contribution in [1.29, 1.82) is 0 Å². The van der Waals surface area contributed by atoms with Crippen molar-refractivity contribution in [2.24, 2.45) is 0 Å². The van der Waals surface area contributed by atoms with Crippen molar-refractivity contribution in [2.45, 2.75) is 26.2 Å². The van der Waals surface area contributed by atoms with Crippen molar-refractivity contribution in [3.63, 3.8) is 0 Å². The predicted octanol–water partition coefficient (Wildman–Crippen LogP) is 1.82. The molecule has 4 heteroatoms. The third kappa shape index (κ3) is 2.96. The lowest BCUT2D eigenvalue weighted by atomic mass is 10.1. The fourth-order valence-corrected chi connectivity index (χ4v) is 2.09. The lowest BCUT2D eigenvalue weighted by Crippen LogP contribution is -2.30. The molecule has 0 saturated carbocycles. The first-order valence-electron chi connectivity index (χ1n) is 6.30. The third-order valence-electron chi connectivity index (χ3n) is 3.03. The molecule has 4 nitrogen and oxygen atoms in total. The number of piperidine rings is 1. The molecule has 2 rings (SSSR count). The molecule has 1 N–H and O–H groups in total. The number of hydrogen-bond acceptors (Lipinski definition) is 3. The summed E-state index contributed by atoms with van der Waals surface area (Å²) in [6.45, 7) is 4.71. The number of rotatable bonds is 3. The van der Waals surface area contributed by atoms with E-state index in [9.17, 15) is 4.79 Å². The molecule has 0 aromatic carbocycles. The van der Waals surface area contributed by atoms with Crippen LogP contribution in [0.1, 0.15) is 36.5 Å². The number of aromatic nitrogens is 1. The van der Waals surface area contributed by atoms with E-state index >= 15 is 0 Å². The van der Waals surface area contributed by atoms with E-state index in [2.05, 4.69) is 15.2 Å². The highest BCUT2D eigenvalue weighted by atomic mass is 16.1. The largest absolute Gasteiger partial charge is 0.357 e. The van der Waals surface area contributed by atoms with Crippen LogP contribution in [0.5, 0.6) is 0 Å². The van der Waals surface area contributed by atoms with Gasteiger partial charge in [-0.3, -0.25) is 4.79 Å². The van der Waals surface area contributed by atoms with Crippen LogP contribution in [0.15, 0.2) is 18.3 Å². The van der Waals surface area contributed by atoms with Gasteiger partial charge in [-0.2, -0.15) is 0 Å². The highest BCUT2D eigenvalue weighted by molar-refractivity contribution is 5.93. The zero-order valence-corrected chi connectivity index (χ0v) is 10.3. The fourth-order valence-electron chi connectivity index (χ4n) is 2.09. The highest BCUT2D eigenvalue weighted by Crippen LogP contribution is 2.17. The van der Waals surface area contributed by atoms with Gasteiger partial charge in [-0.1, -0.05) is 0 Å². The zero-order valence-electron chi connectivity index (χ0n) is 10.3. The Labute approximate surface area is 102 Å². The average molecular weight is 233 g/mol. The maximum Gasteiger partial charge on any atom is 0.252 e. The first-order valence-corrected chi connectivity index (χ1v) is 6.30. The van der Waals surface area contributed by atoms with Crippen LogP contribution in [0.3, 0.4) is 0 Å². The normalized spacial score (nSPS) is 15.7. The van der Waals surface area contributed by atoms with Gasteiger partial charge in [0.25, 0.3) is 5.91 Å². The van der Waals surface area contributed by atoms with Crippen LogP contribution >= 0.6 is 0 Å². The molecule has 92 valence electrons. The smallest absolute Gasteiger partial charge is 0.252 e. The van der Waals surface area contributed by atoms with Crippen LogP contribution in [0.2, 0.25) is 0 Å². The minimum Gasteiger partial charge on any atom is -0.357 e. The molecule has 1 aliphatic rings. The number of anilines is 1. The molecular formula is C13H19N3O. The van der Waals surface area contributed by atoms with Crippen molar-refractivity contribution in [3.8, 4) is 0 Å². The van der Waals surface area contributed by atoms with Gasteiger partial charge < -0.3 is 10.2 Å². The van der Waals surface area contributed by atoms with E-state index in [-0.39, 0.29) is 5.91 Å². The zero-order chi connectivity index (χ0) is 12.1. The fraction of sp³-hybridized carbons (Fsp3) is 0.538. The third-order valence-corrected chi connectivity index (χ3v) is 3.03. The van der Waals surface area contributed by atoms with Gasteiger partial charge in [0.15, 0.2) is 0 Å². The number of pyridine rings is 1. The van der Waals surface area contributed by atoms with E-state index in [1.165, 1.54) is 19.3 Å². The molecule has 1 saturated heterocycles. The summed E-state index contributed by atoms with van der Waals surface area (Å²) in [7, 11) is 0. The quantitative estimate of drug-likeness (QED) is 0.866. The Bertz CT molecular complexity index is 369. The topological polar surface area (TPSA) is 45.2 Å². The molecule has 0 spiro atoms. The van der Waals surface area contributed by atoms with E-state index in [0.717, 1.165) is 18.9 Å². The molecule has 0 bridgehead atoms. The second kappa shape index (κ2) is 5.66. The molecule has 1 aromatic heterocycles. The van der Waals surface area contributed by atoms with Crippen molar-refractivity contribution >= 4 is 11.7 Å². The lowest BCUT2D eigenvalue weighted by molar-refractivity contribution is 0.0955. The van der Waals surface area contributed by atoms with Gasteiger partial charge >= 0.3 is 0 Å². The number of nitrogens with zero attached hydrogens (tertiary/aromatic N) is 2. The number of hydrogen-bond donors (Lipinski definition) is 1. The molecule has 2 heterocycles. The number of nitrogens with one attached hydrogen (secondary N) is 1. The Morgan fingerprint density at radius 1 is 1.35 bits per heavy atom. The molecule has 1 fully saturated rings. The predicted molar refractivity (Wildman–Crippen MR) is 68.3 cm³/mol. The first kappa shape index (κ1) is 11.9. The second-order valence-corrected chi connectivity index (χ2v) is 4.31. The number of carbonyl (C=O) groups excluding carboxylic acids is 1. The Morgan fingerprint density at radius 3 is 2.71 bits per heavy atom. The summed E-state index contributed by atoms with van der Waals surface area (Å²) in [5.74, 6) is 0.933. The van der Waals surface area contributed by atoms with Gasteiger partial charge in [-0.25, -0.2) is 4.98 Å². The lowest BCUT2D eigenvalue weighted by Gasteiger charge is -2.27. The van der Waals surface area contributed by atoms with Crippen LogP contribution < -0.4 is 10.2 Å². The molecule has 1 amide bonds. The van der Waals surface area contributed by atoms with E-state index in [1.807, 2.05) is 19.1 Å². The van der Waals surface area contributed by atoms with Gasteiger partial charge in [0, 0.05) is 25.8 Å².